The Bertz CT molecular complexity index is 517. The summed E-state index contributed by atoms with van der Waals surface area (Å²) >= 11 is 10.8. The van der Waals surface area contributed by atoms with Crippen molar-refractivity contribution in [3.8, 4) is 0 Å². The summed E-state index contributed by atoms with van der Waals surface area (Å²) in [4.78, 5) is 13.8. The summed E-state index contributed by atoms with van der Waals surface area (Å²) in [5, 5.41) is 11.7. The third kappa shape index (κ3) is 3.27. The predicted octanol–water partition coefficient (Wildman–Crippen LogP) is 2.47. The van der Waals surface area contributed by atoms with Gasteiger partial charge in [0.25, 0.3) is 5.91 Å². The van der Waals surface area contributed by atoms with E-state index in [2.05, 4.69) is 15.5 Å². The van der Waals surface area contributed by atoms with E-state index in [4.69, 9.17) is 23.8 Å². The second-order valence-electron chi connectivity index (χ2n) is 3.98. The first kappa shape index (κ1) is 13.9. The maximum atomic E-state index is 11.9. The highest BCUT2D eigenvalue weighted by atomic mass is 35.5. The molecule has 5 nitrogen and oxygen atoms in total. The van der Waals surface area contributed by atoms with Crippen molar-refractivity contribution in [1.29, 1.82) is 0 Å². The lowest BCUT2D eigenvalue weighted by molar-refractivity contribution is 0.0945. The van der Waals surface area contributed by atoms with Crippen LogP contribution in [-0.4, -0.2) is 35.2 Å². The Kier molecular flexibility index (Phi) is 4.44. The van der Waals surface area contributed by atoms with Crippen LogP contribution in [0.25, 0.3) is 0 Å². The number of nitrogens with one attached hydrogen (secondary N) is 1. The van der Waals surface area contributed by atoms with Crippen molar-refractivity contribution in [2.24, 2.45) is 10.2 Å². The Balaban J connectivity index is 1.92. The van der Waals surface area contributed by atoms with E-state index in [9.17, 15) is 4.79 Å². The van der Waals surface area contributed by atoms with Crippen LogP contribution in [0.4, 0.5) is 0 Å². The molecule has 0 saturated heterocycles. The molecule has 0 spiro atoms. The van der Waals surface area contributed by atoms with Gasteiger partial charge in [-0.3, -0.25) is 4.79 Å². The lowest BCUT2D eigenvalue weighted by atomic mass is 10.2. The maximum absolute atomic E-state index is 11.9. The SMILES string of the molecule is CCN1C(=S)N=NC1CNC(=O)c1ccc(Cl)cc1. The lowest BCUT2D eigenvalue weighted by Gasteiger charge is -2.21. The fourth-order valence-corrected chi connectivity index (χ4v) is 2.17. The van der Waals surface area contributed by atoms with Gasteiger partial charge in [-0.2, -0.15) is 5.11 Å². The smallest absolute Gasteiger partial charge is 0.251 e. The lowest BCUT2D eigenvalue weighted by Crippen LogP contribution is -2.41. The van der Waals surface area contributed by atoms with Crippen molar-refractivity contribution < 1.29 is 4.79 Å². The second kappa shape index (κ2) is 6.08. The molecule has 2 rings (SSSR count). The number of carbonyl (C=O) groups is 1. The molecule has 0 fully saturated rings. The summed E-state index contributed by atoms with van der Waals surface area (Å²) < 4.78 is 0. The molecule has 1 aromatic rings. The molecule has 1 aliphatic heterocycles. The minimum Gasteiger partial charge on any atom is -0.348 e. The van der Waals surface area contributed by atoms with Crippen LogP contribution in [0.1, 0.15) is 17.3 Å². The zero-order chi connectivity index (χ0) is 13.8. The molecule has 0 aromatic heterocycles. The number of nitrogens with zero attached hydrogens (tertiary/aromatic N) is 3. The fraction of sp³-hybridized carbons (Fsp3) is 0.333. The summed E-state index contributed by atoms with van der Waals surface area (Å²) in [6.45, 7) is 3.06. The summed E-state index contributed by atoms with van der Waals surface area (Å²) in [6.07, 6.45) is -0.214. The molecular formula is C12H13ClN4OS. The monoisotopic (exact) mass is 296 g/mol. The second-order valence-corrected chi connectivity index (χ2v) is 4.78. The molecule has 0 bridgehead atoms. The molecule has 7 heteroatoms. The third-order valence-corrected chi connectivity index (χ3v) is 3.34. The van der Waals surface area contributed by atoms with Crippen molar-refractivity contribution in [1.82, 2.24) is 10.2 Å². The van der Waals surface area contributed by atoms with Crippen molar-refractivity contribution in [2.45, 2.75) is 13.1 Å². The van der Waals surface area contributed by atoms with E-state index >= 15 is 0 Å². The van der Waals surface area contributed by atoms with Gasteiger partial charge >= 0.3 is 0 Å². The first-order valence-electron chi connectivity index (χ1n) is 5.87. The van der Waals surface area contributed by atoms with E-state index < -0.39 is 0 Å². The minimum atomic E-state index is -0.214. The van der Waals surface area contributed by atoms with Gasteiger partial charge in [-0.15, -0.1) is 5.11 Å². The number of halogens is 1. The third-order valence-electron chi connectivity index (χ3n) is 2.77. The molecule has 0 saturated carbocycles. The van der Waals surface area contributed by atoms with Gasteiger partial charge in [-0.1, -0.05) is 11.6 Å². The van der Waals surface area contributed by atoms with Crippen molar-refractivity contribution in [3.63, 3.8) is 0 Å². The van der Waals surface area contributed by atoms with E-state index in [1.54, 1.807) is 24.3 Å². The first-order chi connectivity index (χ1) is 9.11. The van der Waals surface area contributed by atoms with Crippen LogP contribution in [0.15, 0.2) is 34.5 Å². The van der Waals surface area contributed by atoms with Gasteiger partial charge in [-0.25, -0.2) is 0 Å². The molecule has 1 N–H and O–H groups in total. The number of azo groups is 1. The zero-order valence-electron chi connectivity index (χ0n) is 10.3. The molecule has 100 valence electrons. The molecule has 1 heterocycles. The van der Waals surface area contributed by atoms with Gasteiger partial charge in [0.15, 0.2) is 6.17 Å². The predicted molar refractivity (Wildman–Crippen MR) is 77.4 cm³/mol. The van der Waals surface area contributed by atoms with Crippen molar-refractivity contribution >= 4 is 34.8 Å². The van der Waals surface area contributed by atoms with E-state index in [-0.39, 0.29) is 12.1 Å². The molecule has 0 radical (unpaired) electrons. The molecule has 19 heavy (non-hydrogen) atoms. The number of hydrogen-bond donors (Lipinski definition) is 1. The number of carbonyl (C=O) groups excluding carboxylic acids is 1. The summed E-state index contributed by atoms with van der Waals surface area (Å²) in [6, 6.07) is 6.71. The van der Waals surface area contributed by atoms with Gasteiger partial charge < -0.3 is 10.2 Å². The number of amides is 1. The largest absolute Gasteiger partial charge is 0.348 e. The van der Waals surface area contributed by atoms with Crippen LogP contribution in [0.5, 0.6) is 0 Å². The van der Waals surface area contributed by atoms with E-state index in [0.29, 0.717) is 28.8 Å². The topological polar surface area (TPSA) is 57.1 Å². The van der Waals surface area contributed by atoms with Crippen molar-refractivity contribution in [2.75, 3.05) is 13.1 Å². The van der Waals surface area contributed by atoms with Gasteiger partial charge in [-0.05, 0) is 43.4 Å². The molecule has 1 atom stereocenters. The Morgan fingerprint density at radius 1 is 1.47 bits per heavy atom. The van der Waals surface area contributed by atoms with Gasteiger partial charge in [0.1, 0.15) is 0 Å². The molecule has 0 aliphatic carbocycles. The van der Waals surface area contributed by atoms with Gasteiger partial charge in [0.05, 0.1) is 6.54 Å². The average molecular weight is 297 g/mol. The highest BCUT2D eigenvalue weighted by Gasteiger charge is 2.25. The highest BCUT2D eigenvalue weighted by Crippen LogP contribution is 2.13. The van der Waals surface area contributed by atoms with Crippen molar-refractivity contribution in [3.05, 3.63) is 34.9 Å². The van der Waals surface area contributed by atoms with E-state index in [1.165, 1.54) is 0 Å². The van der Waals surface area contributed by atoms with Crippen LogP contribution < -0.4 is 5.32 Å². The van der Waals surface area contributed by atoms with Gasteiger partial charge in [0, 0.05) is 17.1 Å². The quantitative estimate of drug-likeness (QED) is 0.868. The Morgan fingerprint density at radius 2 is 2.16 bits per heavy atom. The van der Waals surface area contributed by atoms with Crippen LogP contribution in [0, 0.1) is 0 Å². The van der Waals surface area contributed by atoms with Crippen LogP contribution in [0.3, 0.4) is 0 Å². The molecular weight excluding hydrogens is 284 g/mol. The number of benzene rings is 1. The fourth-order valence-electron chi connectivity index (χ4n) is 1.75. The molecule has 1 unspecified atom stereocenters. The standard InChI is InChI=1S/C12H13ClN4OS/c1-2-17-10(15-16-12(17)19)7-14-11(18)8-3-5-9(13)6-4-8/h3-6,10H,2,7H2,1H3,(H,14,18). The van der Waals surface area contributed by atoms with Crippen LogP contribution >= 0.6 is 23.8 Å². The Morgan fingerprint density at radius 3 is 2.79 bits per heavy atom. The maximum Gasteiger partial charge on any atom is 0.251 e. The molecule has 1 aliphatic rings. The summed E-state index contributed by atoms with van der Waals surface area (Å²) in [7, 11) is 0. The number of rotatable bonds is 4. The number of likely N-dealkylation sites (N-methyl/N-ethyl adjacent to an activating group) is 1. The summed E-state index contributed by atoms with van der Waals surface area (Å²) in [5.41, 5.74) is 0.560. The van der Waals surface area contributed by atoms with Crippen LogP contribution in [0.2, 0.25) is 5.02 Å². The average Bonchev–Trinajstić information content (AvgIpc) is 2.77. The highest BCUT2D eigenvalue weighted by molar-refractivity contribution is 7.80. The molecule has 1 aromatic carbocycles. The van der Waals surface area contributed by atoms with Crippen LogP contribution in [-0.2, 0) is 0 Å². The first-order valence-corrected chi connectivity index (χ1v) is 6.65. The number of hydrogen-bond acceptors (Lipinski definition) is 3. The van der Waals surface area contributed by atoms with Gasteiger partial charge in [0.2, 0.25) is 5.11 Å². The zero-order valence-corrected chi connectivity index (χ0v) is 11.9. The summed E-state index contributed by atoms with van der Waals surface area (Å²) in [5.74, 6) is -0.166. The number of thiocarbonyl (C=S) groups is 1. The van der Waals surface area contributed by atoms with E-state index in [1.807, 2.05) is 11.8 Å². The molecule has 1 amide bonds. The Hall–Kier alpha value is -1.53. The van der Waals surface area contributed by atoms with E-state index in [0.717, 1.165) is 0 Å². The Labute approximate surface area is 121 Å². The normalized spacial score (nSPS) is 17.9. The minimum absolute atomic E-state index is 0.166.